The third kappa shape index (κ3) is 4.02. The van der Waals surface area contributed by atoms with Crippen LogP contribution >= 0.6 is 23.2 Å². The van der Waals surface area contributed by atoms with E-state index in [0.29, 0.717) is 23.7 Å². The first kappa shape index (κ1) is 16.1. The van der Waals surface area contributed by atoms with Crippen LogP contribution in [0.25, 0.3) is 0 Å². The fraction of sp³-hybridized carbons (Fsp3) is 0.500. The predicted octanol–water partition coefficient (Wildman–Crippen LogP) is 3.11. The van der Waals surface area contributed by atoms with Crippen LogP contribution in [0.1, 0.15) is 23.7 Å². The second-order valence-electron chi connectivity index (χ2n) is 4.80. The first-order valence-corrected chi connectivity index (χ1v) is 7.26. The second kappa shape index (κ2) is 7.01. The van der Waals surface area contributed by atoms with E-state index in [1.165, 1.54) is 0 Å². The van der Waals surface area contributed by atoms with Gasteiger partial charge in [-0.3, -0.25) is 4.79 Å². The highest BCUT2D eigenvalue weighted by atomic mass is 35.5. The van der Waals surface area contributed by atoms with Crippen molar-refractivity contribution in [1.29, 1.82) is 0 Å². The van der Waals surface area contributed by atoms with Crippen LogP contribution in [-0.4, -0.2) is 37.3 Å². The molecule has 19 heavy (non-hydrogen) atoms. The van der Waals surface area contributed by atoms with Gasteiger partial charge >= 0.3 is 0 Å². The Balaban J connectivity index is 2.91. The molecule has 0 heterocycles. The van der Waals surface area contributed by atoms with Crippen molar-refractivity contribution in [3.05, 3.63) is 29.8 Å². The summed E-state index contributed by atoms with van der Waals surface area (Å²) in [6, 6.07) is 7.44. The minimum Gasteiger partial charge on any atom is -0.378 e. The average molecular weight is 303 g/mol. The van der Waals surface area contributed by atoms with Crippen molar-refractivity contribution in [3.63, 3.8) is 0 Å². The standard InChI is InChI=1S/C14H20Cl2N2O/c1-4-14(9-15,10-16)17-13(19)11-6-5-7-12(8-11)18(2)3/h5-8H,4,9-10H2,1-3H3,(H,17,19). The molecule has 0 unspecified atom stereocenters. The van der Waals surface area contributed by atoms with Crippen molar-refractivity contribution in [2.75, 3.05) is 30.8 Å². The highest BCUT2D eigenvalue weighted by molar-refractivity contribution is 6.22. The second-order valence-corrected chi connectivity index (χ2v) is 5.33. The maximum Gasteiger partial charge on any atom is 0.251 e. The summed E-state index contributed by atoms with van der Waals surface area (Å²) in [6.07, 6.45) is 0.694. The lowest BCUT2D eigenvalue weighted by Crippen LogP contribution is -2.51. The number of nitrogens with zero attached hydrogens (tertiary/aromatic N) is 1. The number of alkyl halides is 2. The third-order valence-corrected chi connectivity index (χ3v) is 4.21. The Kier molecular flexibility index (Phi) is 5.95. The maximum absolute atomic E-state index is 12.3. The van der Waals surface area contributed by atoms with E-state index in [9.17, 15) is 4.79 Å². The maximum atomic E-state index is 12.3. The van der Waals surface area contributed by atoms with Crippen LogP contribution in [0.15, 0.2) is 24.3 Å². The molecule has 0 aliphatic rings. The molecule has 1 aromatic carbocycles. The number of nitrogens with one attached hydrogen (secondary N) is 1. The summed E-state index contributed by atoms with van der Waals surface area (Å²) >= 11 is 11.9. The molecule has 0 saturated heterocycles. The van der Waals surface area contributed by atoms with Crippen molar-refractivity contribution < 1.29 is 4.79 Å². The number of hydrogen-bond donors (Lipinski definition) is 1. The smallest absolute Gasteiger partial charge is 0.251 e. The number of benzene rings is 1. The molecular formula is C14H20Cl2N2O. The highest BCUT2D eigenvalue weighted by Gasteiger charge is 2.28. The van der Waals surface area contributed by atoms with Gasteiger partial charge in [0.2, 0.25) is 0 Å². The highest BCUT2D eigenvalue weighted by Crippen LogP contribution is 2.18. The van der Waals surface area contributed by atoms with Gasteiger partial charge in [0.05, 0.1) is 5.54 Å². The van der Waals surface area contributed by atoms with Gasteiger partial charge in [0.25, 0.3) is 5.91 Å². The summed E-state index contributed by atoms with van der Waals surface area (Å²) in [5.41, 5.74) is 1.04. The zero-order valence-corrected chi connectivity index (χ0v) is 13.1. The zero-order valence-electron chi connectivity index (χ0n) is 11.5. The summed E-state index contributed by atoms with van der Waals surface area (Å²) in [5.74, 6) is 0.449. The minimum atomic E-state index is -0.547. The van der Waals surface area contributed by atoms with Crippen molar-refractivity contribution in [1.82, 2.24) is 5.32 Å². The first-order valence-electron chi connectivity index (χ1n) is 6.20. The van der Waals surface area contributed by atoms with Crippen molar-refractivity contribution in [2.24, 2.45) is 0 Å². The van der Waals surface area contributed by atoms with Crippen LogP contribution in [-0.2, 0) is 0 Å². The molecule has 0 aromatic heterocycles. The Bertz CT molecular complexity index is 423. The van der Waals surface area contributed by atoms with E-state index >= 15 is 0 Å². The van der Waals surface area contributed by atoms with E-state index in [4.69, 9.17) is 23.2 Å². The molecule has 1 rings (SSSR count). The lowest BCUT2D eigenvalue weighted by atomic mass is 10.0. The van der Waals surface area contributed by atoms with Crippen molar-refractivity contribution in [3.8, 4) is 0 Å². The summed E-state index contributed by atoms with van der Waals surface area (Å²) < 4.78 is 0. The van der Waals surface area contributed by atoms with Crippen molar-refractivity contribution in [2.45, 2.75) is 18.9 Å². The molecule has 0 bridgehead atoms. The summed E-state index contributed by atoms with van der Waals surface area (Å²) in [4.78, 5) is 14.2. The van der Waals surface area contributed by atoms with Gasteiger partial charge in [-0.25, -0.2) is 0 Å². The van der Waals surface area contributed by atoms with Gasteiger partial charge in [0.1, 0.15) is 0 Å². The topological polar surface area (TPSA) is 32.3 Å². The zero-order chi connectivity index (χ0) is 14.5. The van der Waals surface area contributed by atoms with E-state index in [1.807, 2.05) is 44.1 Å². The van der Waals surface area contributed by atoms with Gasteiger partial charge in [0.15, 0.2) is 0 Å². The summed E-state index contributed by atoms with van der Waals surface area (Å²) in [6.45, 7) is 1.96. The van der Waals surface area contributed by atoms with Gasteiger partial charge in [-0.15, -0.1) is 23.2 Å². The van der Waals surface area contributed by atoms with Gasteiger partial charge in [-0.2, -0.15) is 0 Å². The number of carbonyl (C=O) groups excluding carboxylic acids is 1. The first-order chi connectivity index (χ1) is 8.98. The third-order valence-electron chi connectivity index (χ3n) is 3.19. The number of rotatable bonds is 6. The van der Waals surface area contributed by atoms with Gasteiger partial charge in [0, 0.05) is 37.1 Å². The average Bonchev–Trinajstić information content (AvgIpc) is 2.45. The fourth-order valence-electron chi connectivity index (χ4n) is 1.62. The molecular weight excluding hydrogens is 283 g/mol. The monoisotopic (exact) mass is 302 g/mol. The van der Waals surface area contributed by atoms with E-state index in [2.05, 4.69) is 5.32 Å². The molecule has 0 radical (unpaired) electrons. The summed E-state index contributed by atoms with van der Waals surface area (Å²) in [5, 5.41) is 2.94. The quantitative estimate of drug-likeness (QED) is 0.819. The molecule has 0 aliphatic heterocycles. The minimum absolute atomic E-state index is 0.146. The number of anilines is 1. The Labute approximate surface area is 124 Å². The molecule has 5 heteroatoms. The molecule has 106 valence electrons. The Morgan fingerprint density at radius 3 is 2.42 bits per heavy atom. The molecule has 1 N–H and O–H groups in total. The number of halogens is 2. The lowest BCUT2D eigenvalue weighted by molar-refractivity contribution is 0.0913. The summed E-state index contributed by atoms with van der Waals surface area (Å²) in [7, 11) is 3.87. The number of hydrogen-bond acceptors (Lipinski definition) is 2. The van der Waals surface area contributed by atoms with E-state index in [-0.39, 0.29) is 5.91 Å². The van der Waals surface area contributed by atoms with Gasteiger partial charge in [-0.1, -0.05) is 13.0 Å². The van der Waals surface area contributed by atoms with Gasteiger partial charge in [-0.05, 0) is 24.6 Å². The lowest BCUT2D eigenvalue weighted by Gasteiger charge is -2.29. The molecule has 0 atom stereocenters. The number of amides is 1. The Morgan fingerprint density at radius 1 is 1.32 bits per heavy atom. The predicted molar refractivity (Wildman–Crippen MR) is 82.7 cm³/mol. The van der Waals surface area contributed by atoms with Crippen LogP contribution in [0.4, 0.5) is 5.69 Å². The molecule has 0 saturated carbocycles. The van der Waals surface area contributed by atoms with Crippen molar-refractivity contribution >= 4 is 34.8 Å². The number of carbonyl (C=O) groups is 1. The molecule has 0 fully saturated rings. The molecule has 1 aromatic rings. The van der Waals surface area contributed by atoms with Crippen LogP contribution in [0, 0.1) is 0 Å². The van der Waals surface area contributed by atoms with E-state index in [1.54, 1.807) is 6.07 Å². The van der Waals surface area contributed by atoms with Crippen LogP contribution in [0.5, 0.6) is 0 Å². The fourth-order valence-corrected chi connectivity index (χ4v) is 2.42. The molecule has 1 amide bonds. The largest absolute Gasteiger partial charge is 0.378 e. The van der Waals surface area contributed by atoms with Crippen LogP contribution < -0.4 is 10.2 Å². The van der Waals surface area contributed by atoms with Crippen LogP contribution in [0.2, 0.25) is 0 Å². The SMILES string of the molecule is CCC(CCl)(CCl)NC(=O)c1cccc(N(C)C)c1. The molecule has 3 nitrogen and oxygen atoms in total. The normalized spacial score (nSPS) is 11.2. The van der Waals surface area contributed by atoms with Crippen LogP contribution in [0.3, 0.4) is 0 Å². The van der Waals surface area contributed by atoms with E-state index < -0.39 is 5.54 Å². The Hall–Kier alpha value is -0.930. The Morgan fingerprint density at radius 2 is 1.95 bits per heavy atom. The van der Waals surface area contributed by atoms with Gasteiger partial charge < -0.3 is 10.2 Å². The molecule has 0 spiro atoms. The molecule has 0 aliphatic carbocycles. The van der Waals surface area contributed by atoms with E-state index in [0.717, 1.165) is 5.69 Å².